The van der Waals surface area contributed by atoms with Crippen LogP contribution in [-0.2, 0) is 16.5 Å². The highest BCUT2D eigenvalue weighted by atomic mass is 16.5. The minimum absolute atomic E-state index is 0.0106. The zero-order valence-electron chi connectivity index (χ0n) is 23.3. The Balaban J connectivity index is 1.30. The zero-order valence-corrected chi connectivity index (χ0v) is 23.3. The molecule has 2 amide bonds. The number of ether oxygens (including phenoxy) is 2. The van der Waals surface area contributed by atoms with Crippen LogP contribution in [0.2, 0.25) is 0 Å². The highest BCUT2D eigenvalue weighted by molar-refractivity contribution is 5.91. The Bertz CT molecular complexity index is 1650. The average Bonchev–Trinajstić information content (AvgIpc) is 3.68. The third kappa shape index (κ3) is 5.44. The number of hydrogen-bond donors (Lipinski definition) is 2. The summed E-state index contributed by atoms with van der Waals surface area (Å²) in [6.45, 7) is 2.56. The molecule has 1 unspecified atom stereocenters. The summed E-state index contributed by atoms with van der Waals surface area (Å²) in [5.41, 5.74) is 5.06. The van der Waals surface area contributed by atoms with E-state index in [9.17, 15) is 4.79 Å². The first-order valence-electron chi connectivity index (χ1n) is 13.7. The molecule has 210 valence electrons. The molecule has 3 atom stereocenters. The molecular formula is C31H33N7O3. The molecule has 41 heavy (non-hydrogen) atoms. The van der Waals surface area contributed by atoms with Gasteiger partial charge in [-0.1, -0.05) is 48.5 Å². The van der Waals surface area contributed by atoms with Gasteiger partial charge in [0.2, 0.25) is 0 Å². The van der Waals surface area contributed by atoms with Crippen LogP contribution >= 0.6 is 0 Å². The van der Waals surface area contributed by atoms with Crippen molar-refractivity contribution in [3.63, 3.8) is 0 Å². The van der Waals surface area contributed by atoms with E-state index in [2.05, 4.69) is 20.7 Å². The molecule has 10 heteroatoms. The maximum atomic E-state index is 13.6. The van der Waals surface area contributed by atoms with Gasteiger partial charge in [-0.2, -0.15) is 10.2 Å². The van der Waals surface area contributed by atoms with E-state index < -0.39 is 0 Å². The van der Waals surface area contributed by atoms with Crippen molar-refractivity contribution in [2.75, 3.05) is 19.0 Å². The topological polar surface area (TPSA) is 108 Å². The van der Waals surface area contributed by atoms with Crippen LogP contribution in [0.5, 0.6) is 0 Å². The standard InChI is InChI=1S/C31H33N7O3/c1-20-27(22-16-23-19-33-37(2)30(23)32-18-22)36-38(24-12-8-5-9-13-24)29(20)35-31(39)34-26-17-25(14-15-40-3)41-28(26)21-10-6-4-7-11-21/h4-13,16,18-19,25-26,28H,14-15,17H2,1-3H3,(H2,34,35,39)/t25?,26-,28+/m1/s1. The highest BCUT2D eigenvalue weighted by Crippen LogP contribution is 2.35. The second kappa shape index (κ2) is 11.5. The van der Waals surface area contributed by atoms with Crippen molar-refractivity contribution in [1.29, 1.82) is 0 Å². The fraction of sp³-hybridized carbons (Fsp3) is 0.290. The number of urea groups is 1. The van der Waals surface area contributed by atoms with Gasteiger partial charge in [-0.15, -0.1) is 0 Å². The van der Waals surface area contributed by atoms with E-state index in [4.69, 9.17) is 14.6 Å². The van der Waals surface area contributed by atoms with E-state index >= 15 is 0 Å². The fourth-order valence-corrected chi connectivity index (χ4v) is 5.45. The molecule has 0 aliphatic carbocycles. The van der Waals surface area contributed by atoms with Crippen LogP contribution in [0.4, 0.5) is 10.6 Å². The number of carbonyl (C=O) groups excluding carboxylic acids is 1. The summed E-state index contributed by atoms with van der Waals surface area (Å²) in [4.78, 5) is 18.2. The number of para-hydroxylation sites is 1. The van der Waals surface area contributed by atoms with Crippen molar-refractivity contribution in [1.82, 2.24) is 29.9 Å². The number of anilines is 1. The molecule has 1 saturated heterocycles. The van der Waals surface area contributed by atoms with Crippen molar-refractivity contribution in [3.05, 3.63) is 90.3 Å². The largest absolute Gasteiger partial charge is 0.385 e. The van der Waals surface area contributed by atoms with Gasteiger partial charge < -0.3 is 14.8 Å². The smallest absolute Gasteiger partial charge is 0.320 e. The second-order valence-electron chi connectivity index (χ2n) is 10.3. The number of nitrogens with zero attached hydrogens (tertiary/aromatic N) is 5. The Labute approximate surface area is 238 Å². The molecule has 0 bridgehead atoms. The molecular weight excluding hydrogens is 518 g/mol. The maximum Gasteiger partial charge on any atom is 0.320 e. The van der Waals surface area contributed by atoms with Gasteiger partial charge >= 0.3 is 6.03 Å². The molecule has 10 nitrogen and oxygen atoms in total. The quantitative estimate of drug-likeness (QED) is 0.275. The van der Waals surface area contributed by atoms with Crippen molar-refractivity contribution in [3.8, 4) is 16.9 Å². The number of methoxy groups -OCH3 is 1. The van der Waals surface area contributed by atoms with Gasteiger partial charge in [-0.05, 0) is 43.5 Å². The summed E-state index contributed by atoms with van der Waals surface area (Å²) < 4.78 is 15.1. The van der Waals surface area contributed by atoms with E-state index in [1.807, 2.05) is 80.7 Å². The molecule has 0 radical (unpaired) electrons. The first-order chi connectivity index (χ1) is 20.0. The van der Waals surface area contributed by atoms with E-state index in [0.717, 1.165) is 45.5 Å². The lowest BCUT2D eigenvalue weighted by Gasteiger charge is -2.21. The SMILES string of the molecule is COCCC1C[C@@H](NC(=O)Nc2c(C)c(-c3cnc4c(cnn4C)c3)nn2-c2ccccc2)[C@H](c2ccccc2)O1. The molecule has 2 aromatic carbocycles. The average molecular weight is 552 g/mol. The molecule has 1 aliphatic rings. The molecule has 1 aliphatic heterocycles. The van der Waals surface area contributed by atoms with Crippen molar-refractivity contribution < 1.29 is 14.3 Å². The molecule has 0 spiro atoms. The molecule has 4 heterocycles. The number of aryl methyl sites for hydroxylation is 1. The van der Waals surface area contributed by atoms with Crippen LogP contribution in [0.25, 0.3) is 28.0 Å². The fourth-order valence-electron chi connectivity index (χ4n) is 5.45. The molecule has 6 rings (SSSR count). The van der Waals surface area contributed by atoms with E-state index in [0.29, 0.717) is 18.8 Å². The molecule has 3 aromatic heterocycles. The number of carbonyl (C=O) groups is 1. The number of fused-ring (bicyclic) bond motifs is 1. The lowest BCUT2D eigenvalue weighted by Crippen LogP contribution is -2.40. The van der Waals surface area contributed by atoms with Crippen molar-refractivity contribution in [2.45, 2.75) is 38.0 Å². The normalized spacial score (nSPS) is 18.6. The van der Waals surface area contributed by atoms with Gasteiger partial charge in [0, 0.05) is 43.5 Å². The van der Waals surface area contributed by atoms with Crippen LogP contribution in [0.15, 0.2) is 79.1 Å². The van der Waals surface area contributed by atoms with Gasteiger partial charge in [-0.25, -0.2) is 14.5 Å². The predicted molar refractivity (Wildman–Crippen MR) is 157 cm³/mol. The summed E-state index contributed by atoms with van der Waals surface area (Å²) >= 11 is 0. The number of hydrogen-bond acceptors (Lipinski definition) is 6. The summed E-state index contributed by atoms with van der Waals surface area (Å²) in [5.74, 6) is 0.584. The molecule has 1 fully saturated rings. The van der Waals surface area contributed by atoms with Gasteiger partial charge in [-0.3, -0.25) is 10.00 Å². The third-order valence-corrected chi connectivity index (χ3v) is 7.51. The predicted octanol–water partition coefficient (Wildman–Crippen LogP) is 5.19. The maximum absolute atomic E-state index is 13.6. The number of pyridine rings is 1. The number of amides is 2. The van der Waals surface area contributed by atoms with Crippen molar-refractivity contribution in [2.24, 2.45) is 7.05 Å². The highest BCUT2D eigenvalue weighted by Gasteiger charge is 2.37. The van der Waals surface area contributed by atoms with Gasteiger partial charge in [0.05, 0.1) is 29.7 Å². The first-order valence-corrected chi connectivity index (χ1v) is 13.7. The van der Waals surface area contributed by atoms with E-state index in [1.54, 1.807) is 28.9 Å². The van der Waals surface area contributed by atoms with Crippen LogP contribution in [-0.4, -0.2) is 56.4 Å². The Hall–Kier alpha value is -4.54. The molecule has 2 N–H and O–H groups in total. The number of rotatable bonds is 8. The van der Waals surface area contributed by atoms with Gasteiger partial charge in [0.1, 0.15) is 11.9 Å². The van der Waals surface area contributed by atoms with Crippen molar-refractivity contribution >= 4 is 22.9 Å². The van der Waals surface area contributed by atoms with E-state index in [1.165, 1.54) is 0 Å². The monoisotopic (exact) mass is 551 g/mol. The summed E-state index contributed by atoms with van der Waals surface area (Å²) in [5, 5.41) is 16.4. The van der Waals surface area contributed by atoms with E-state index in [-0.39, 0.29) is 24.3 Å². The first kappa shape index (κ1) is 26.7. The van der Waals surface area contributed by atoms with Crippen LogP contribution in [0.1, 0.15) is 30.1 Å². The van der Waals surface area contributed by atoms with Crippen LogP contribution in [0, 0.1) is 6.92 Å². The van der Waals surface area contributed by atoms with Crippen LogP contribution in [0.3, 0.4) is 0 Å². The minimum atomic E-state index is -0.320. The van der Waals surface area contributed by atoms with Crippen LogP contribution < -0.4 is 10.6 Å². The number of benzene rings is 2. The lowest BCUT2D eigenvalue weighted by molar-refractivity contribution is 0.0212. The number of aromatic nitrogens is 5. The summed E-state index contributed by atoms with van der Waals surface area (Å²) in [6, 6.07) is 21.3. The Morgan fingerprint density at radius 1 is 1.10 bits per heavy atom. The summed E-state index contributed by atoms with van der Waals surface area (Å²) in [6.07, 6.45) is 4.77. The number of nitrogens with one attached hydrogen (secondary N) is 2. The third-order valence-electron chi connectivity index (χ3n) is 7.51. The Morgan fingerprint density at radius 2 is 1.85 bits per heavy atom. The molecule has 5 aromatic rings. The Morgan fingerprint density at radius 3 is 2.61 bits per heavy atom. The minimum Gasteiger partial charge on any atom is -0.385 e. The lowest BCUT2D eigenvalue weighted by atomic mass is 10.0. The zero-order chi connectivity index (χ0) is 28.3. The summed E-state index contributed by atoms with van der Waals surface area (Å²) in [7, 11) is 3.55. The molecule has 0 saturated carbocycles. The van der Waals surface area contributed by atoms with Gasteiger partial charge in [0.25, 0.3) is 0 Å². The van der Waals surface area contributed by atoms with Gasteiger partial charge in [0.15, 0.2) is 5.65 Å². The second-order valence-corrected chi connectivity index (χ2v) is 10.3. The Kier molecular flexibility index (Phi) is 7.49.